The number of rotatable bonds is 2. The van der Waals surface area contributed by atoms with Crippen molar-refractivity contribution in [2.24, 2.45) is 0 Å². The molecule has 20 heavy (non-hydrogen) atoms. The summed E-state index contributed by atoms with van der Waals surface area (Å²) in [5, 5.41) is 31.3. The van der Waals surface area contributed by atoms with Crippen molar-refractivity contribution in [2.75, 3.05) is 0 Å². The van der Waals surface area contributed by atoms with Crippen LogP contribution in [0.25, 0.3) is 21.2 Å². The summed E-state index contributed by atoms with van der Waals surface area (Å²) in [5.74, 6) is -0.741. The fourth-order valence-corrected chi connectivity index (χ4v) is 3.04. The normalized spacial score (nSPS) is 10.9. The van der Waals surface area contributed by atoms with Crippen LogP contribution in [-0.2, 0) is 0 Å². The summed E-state index contributed by atoms with van der Waals surface area (Å²) in [4.78, 5) is 0. The third-order valence-corrected chi connectivity index (χ3v) is 4.13. The summed E-state index contributed by atoms with van der Waals surface area (Å²) in [7, 11) is -1.89. The summed E-state index contributed by atoms with van der Waals surface area (Å²) < 4.78 is 15.0. The van der Waals surface area contributed by atoms with Gasteiger partial charge in [-0.15, -0.1) is 11.3 Å². The number of aromatic hydroxyl groups is 1. The van der Waals surface area contributed by atoms with E-state index in [0.717, 1.165) is 5.39 Å². The molecule has 100 valence electrons. The molecule has 0 spiro atoms. The first-order valence-electron chi connectivity index (χ1n) is 5.93. The smallest absolute Gasteiger partial charge is 0.491 e. The van der Waals surface area contributed by atoms with Crippen molar-refractivity contribution < 1.29 is 19.5 Å². The van der Waals surface area contributed by atoms with Gasteiger partial charge >= 0.3 is 7.12 Å². The fraction of sp³-hybridized carbons (Fsp3) is 0. The van der Waals surface area contributed by atoms with Crippen molar-refractivity contribution in [3.8, 4) is 16.9 Å². The van der Waals surface area contributed by atoms with Crippen LogP contribution in [0.2, 0.25) is 0 Å². The molecule has 0 bridgehead atoms. The van der Waals surface area contributed by atoms with E-state index in [1.54, 1.807) is 12.1 Å². The van der Waals surface area contributed by atoms with Crippen molar-refractivity contribution in [2.45, 2.75) is 0 Å². The number of thiophene rings is 1. The Morgan fingerprint density at radius 2 is 1.80 bits per heavy atom. The minimum absolute atomic E-state index is 0.000907. The number of hydrogen-bond donors (Lipinski definition) is 3. The van der Waals surface area contributed by atoms with Crippen molar-refractivity contribution in [1.29, 1.82) is 0 Å². The third kappa shape index (κ3) is 1.98. The van der Waals surface area contributed by atoms with Gasteiger partial charge in [-0.25, -0.2) is 4.39 Å². The van der Waals surface area contributed by atoms with Crippen LogP contribution in [0.3, 0.4) is 0 Å². The molecule has 3 aromatic rings. The summed E-state index contributed by atoms with van der Waals surface area (Å²) in [5.41, 5.74) is 0.261. The lowest BCUT2D eigenvalue weighted by Gasteiger charge is -2.10. The van der Waals surface area contributed by atoms with E-state index in [0.29, 0.717) is 10.3 Å². The maximum atomic E-state index is 14.3. The predicted molar refractivity (Wildman–Crippen MR) is 78.7 cm³/mol. The van der Waals surface area contributed by atoms with Gasteiger partial charge in [0.2, 0.25) is 0 Å². The Hall–Kier alpha value is -1.89. The van der Waals surface area contributed by atoms with E-state index in [1.807, 2.05) is 11.4 Å². The van der Waals surface area contributed by atoms with Gasteiger partial charge in [0.1, 0.15) is 11.6 Å². The molecule has 0 amide bonds. The van der Waals surface area contributed by atoms with Gasteiger partial charge in [0.25, 0.3) is 0 Å². The van der Waals surface area contributed by atoms with Gasteiger partial charge in [-0.3, -0.25) is 0 Å². The van der Waals surface area contributed by atoms with Gasteiger partial charge in [0.05, 0.1) is 4.70 Å². The first-order valence-corrected chi connectivity index (χ1v) is 6.81. The number of phenolic OH excluding ortho intramolecular Hbond substituents is 1. The minimum atomic E-state index is -1.89. The zero-order chi connectivity index (χ0) is 14.3. The molecule has 3 N–H and O–H groups in total. The molecule has 6 heteroatoms. The number of hydrogen-bond acceptors (Lipinski definition) is 4. The lowest BCUT2D eigenvalue weighted by molar-refractivity contribution is 0.423. The number of halogens is 1. The maximum absolute atomic E-state index is 14.3. The fourth-order valence-electron chi connectivity index (χ4n) is 2.19. The molecule has 3 nitrogen and oxygen atoms in total. The van der Waals surface area contributed by atoms with Crippen LogP contribution >= 0.6 is 11.3 Å². The second-order valence-corrected chi connectivity index (χ2v) is 5.30. The van der Waals surface area contributed by atoms with Crippen LogP contribution in [0.1, 0.15) is 0 Å². The monoisotopic (exact) mass is 288 g/mol. The zero-order valence-electron chi connectivity index (χ0n) is 10.2. The average molecular weight is 288 g/mol. The summed E-state index contributed by atoms with van der Waals surface area (Å²) >= 11 is 1.37. The van der Waals surface area contributed by atoms with Crippen molar-refractivity contribution in [1.82, 2.24) is 0 Å². The van der Waals surface area contributed by atoms with E-state index in [9.17, 15) is 9.50 Å². The van der Waals surface area contributed by atoms with E-state index in [-0.39, 0.29) is 16.8 Å². The Kier molecular flexibility index (Phi) is 3.21. The van der Waals surface area contributed by atoms with Crippen LogP contribution in [0.5, 0.6) is 5.75 Å². The summed E-state index contributed by atoms with van der Waals surface area (Å²) in [6, 6.07) is 9.59. The lowest BCUT2D eigenvalue weighted by atomic mass is 9.78. The molecule has 0 unspecified atom stereocenters. The first-order chi connectivity index (χ1) is 9.59. The molecule has 0 aliphatic rings. The predicted octanol–water partition coefficient (Wildman–Crippen LogP) is 2.09. The summed E-state index contributed by atoms with van der Waals surface area (Å²) in [6.45, 7) is 0. The van der Waals surface area contributed by atoms with Gasteiger partial charge < -0.3 is 15.2 Å². The molecule has 0 radical (unpaired) electrons. The van der Waals surface area contributed by atoms with E-state index >= 15 is 0 Å². The van der Waals surface area contributed by atoms with Crippen molar-refractivity contribution in [3.05, 3.63) is 47.6 Å². The van der Waals surface area contributed by atoms with Crippen LogP contribution in [0, 0.1) is 5.82 Å². The van der Waals surface area contributed by atoms with Crippen LogP contribution in [-0.4, -0.2) is 22.3 Å². The van der Waals surface area contributed by atoms with Gasteiger partial charge in [-0.1, -0.05) is 24.3 Å². The van der Waals surface area contributed by atoms with Gasteiger partial charge in [0, 0.05) is 16.6 Å². The number of phenols is 1. The molecule has 0 aliphatic carbocycles. The van der Waals surface area contributed by atoms with Crippen molar-refractivity contribution >= 4 is 34.0 Å². The highest BCUT2D eigenvalue weighted by Crippen LogP contribution is 2.39. The standard InChI is InChI=1S/C14H10BFO3S/c16-12-9(2-1-3-11(12)15(18)19)10-5-4-8-6-7-20-14(8)13(10)17/h1-7,17-19H. The zero-order valence-corrected chi connectivity index (χ0v) is 11.1. The van der Waals surface area contributed by atoms with Crippen molar-refractivity contribution in [3.63, 3.8) is 0 Å². The van der Waals surface area contributed by atoms with Crippen LogP contribution in [0.15, 0.2) is 41.8 Å². The molecule has 1 heterocycles. The Bertz CT molecular complexity index is 785. The van der Waals surface area contributed by atoms with Gasteiger partial charge in [0.15, 0.2) is 0 Å². The molecular formula is C14H10BFO3S. The highest BCUT2D eigenvalue weighted by molar-refractivity contribution is 7.17. The number of benzene rings is 2. The second-order valence-electron chi connectivity index (χ2n) is 4.38. The van der Waals surface area contributed by atoms with Gasteiger partial charge in [-0.2, -0.15) is 0 Å². The average Bonchev–Trinajstić information content (AvgIpc) is 2.89. The molecule has 0 fully saturated rings. The molecule has 0 saturated carbocycles. The molecule has 3 rings (SSSR count). The van der Waals surface area contributed by atoms with Gasteiger partial charge in [-0.05, 0) is 22.9 Å². The van der Waals surface area contributed by atoms with E-state index in [2.05, 4.69) is 0 Å². The Balaban J connectivity index is 2.25. The highest BCUT2D eigenvalue weighted by Gasteiger charge is 2.21. The molecule has 0 saturated heterocycles. The Morgan fingerprint density at radius 1 is 1.00 bits per heavy atom. The molecular weight excluding hydrogens is 278 g/mol. The topological polar surface area (TPSA) is 60.7 Å². The van der Waals surface area contributed by atoms with E-state index < -0.39 is 12.9 Å². The first kappa shape index (κ1) is 13.1. The second kappa shape index (κ2) is 4.90. The molecule has 0 aliphatic heterocycles. The highest BCUT2D eigenvalue weighted by atomic mass is 32.1. The maximum Gasteiger partial charge on any atom is 0.491 e. The SMILES string of the molecule is OB(O)c1cccc(-c2ccc3ccsc3c2O)c1F. The minimum Gasteiger partial charge on any atom is -0.506 e. The van der Waals surface area contributed by atoms with E-state index in [1.165, 1.54) is 29.5 Å². The van der Waals surface area contributed by atoms with Crippen LogP contribution in [0.4, 0.5) is 4.39 Å². The Morgan fingerprint density at radius 3 is 2.55 bits per heavy atom. The summed E-state index contributed by atoms with van der Waals surface area (Å²) in [6.07, 6.45) is 0. The molecule has 1 aromatic heterocycles. The number of fused-ring (bicyclic) bond motifs is 1. The van der Waals surface area contributed by atoms with Crippen LogP contribution < -0.4 is 5.46 Å². The molecule has 2 aromatic carbocycles. The Labute approximate surface area is 118 Å². The quantitative estimate of drug-likeness (QED) is 0.633. The molecule has 0 atom stereocenters. The van der Waals surface area contributed by atoms with E-state index in [4.69, 9.17) is 10.0 Å². The lowest BCUT2D eigenvalue weighted by Crippen LogP contribution is -2.32. The third-order valence-electron chi connectivity index (χ3n) is 3.19. The largest absolute Gasteiger partial charge is 0.506 e.